The van der Waals surface area contributed by atoms with Gasteiger partial charge in [-0.3, -0.25) is 4.79 Å². The zero-order chi connectivity index (χ0) is 24.1. The third-order valence-electron chi connectivity index (χ3n) is 6.57. The van der Waals surface area contributed by atoms with E-state index in [9.17, 15) is 19.5 Å². The van der Waals surface area contributed by atoms with E-state index >= 15 is 0 Å². The van der Waals surface area contributed by atoms with Gasteiger partial charge in [0, 0.05) is 32.1 Å². The van der Waals surface area contributed by atoms with Gasteiger partial charge in [0.15, 0.2) is 0 Å². The molecule has 0 saturated heterocycles. The van der Waals surface area contributed by atoms with Gasteiger partial charge in [0.1, 0.15) is 12.6 Å². The summed E-state index contributed by atoms with van der Waals surface area (Å²) in [7, 11) is 1.55. The maximum absolute atomic E-state index is 12.4. The molecule has 0 radical (unpaired) electrons. The zero-order valence-corrected chi connectivity index (χ0v) is 19.2. The standard InChI is InChI=1S/C26H30N2O6/c1-33-12-6-11-23(25(30)31)28-24(29)21-13-16(21)14-27-26(32)34-15-22-19-9-4-2-7-17(19)18-8-3-5-10-20(18)22/h2-5,7-10,16,21-23H,6,11-15H2,1H3,(H,27,32)(H,28,29)(H,30,31)/t16-,21-,23?/m1/s1. The van der Waals surface area contributed by atoms with E-state index < -0.39 is 18.1 Å². The molecular weight excluding hydrogens is 436 g/mol. The summed E-state index contributed by atoms with van der Waals surface area (Å²) >= 11 is 0. The summed E-state index contributed by atoms with van der Waals surface area (Å²) in [6.07, 6.45) is 0.950. The number of alkyl carbamates (subject to hydrolysis) is 1. The SMILES string of the molecule is COCCCC(NC(=O)[C@@H]1C[C@@H]1CNC(=O)OCC1c2ccccc2-c2ccccc21)C(=O)O. The Morgan fingerprint density at radius 3 is 2.32 bits per heavy atom. The molecule has 3 N–H and O–H groups in total. The van der Waals surface area contributed by atoms with E-state index in [4.69, 9.17) is 9.47 Å². The van der Waals surface area contributed by atoms with Crippen molar-refractivity contribution in [2.24, 2.45) is 11.8 Å². The molecular formula is C26H30N2O6. The number of fused-ring (bicyclic) bond motifs is 3. The van der Waals surface area contributed by atoms with Crippen molar-refractivity contribution in [3.05, 3.63) is 59.7 Å². The van der Waals surface area contributed by atoms with Crippen LogP contribution >= 0.6 is 0 Å². The number of aliphatic carboxylic acids is 1. The smallest absolute Gasteiger partial charge is 0.407 e. The van der Waals surface area contributed by atoms with Crippen LogP contribution in [0.25, 0.3) is 11.1 Å². The summed E-state index contributed by atoms with van der Waals surface area (Å²) in [5.74, 6) is -1.67. The van der Waals surface area contributed by atoms with E-state index in [1.807, 2.05) is 24.3 Å². The predicted molar refractivity (Wildman–Crippen MR) is 125 cm³/mol. The number of carboxylic acids is 1. The highest BCUT2D eigenvalue weighted by Gasteiger charge is 2.44. The Kier molecular flexibility index (Phi) is 7.47. The first-order chi connectivity index (χ1) is 16.5. The molecule has 4 rings (SSSR count). The van der Waals surface area contributed by atoms with Crippen LogP contribution in [0.3, 0.4) is 0 Å². The maximum Gasteiger partial charge on any atom is 0.407 e. The summed E-state index contributed by atoms with van der Waals surface area (Å²) in [5, 5.41) is 14.7. The summed E-state index contributed by atoms with van der Waals surface area (Å²) < 4.78 is 10.5. The highest BCUT2D eigenvalue weighted by atomic mass is 16.5. The number of carbonyl (C=O) groups is 3. The average Bonchev–Trinajstić information content (AvgIpc) is 3.56. The zero-order valence-electron chi connectivity index (χ0n) is 19.2. The van der Waals surface area contributed by atoms with E-state index in [0.717, 1.165) is 11.1 Å². The van der Waals surface area contributed by atoms with Gasteiger partial charge in [0.25, 0.3) is 0 Å². The van der Waals surface area contributed by atoms with Crippen LogP contribution in [0.2, 0.25) is 0 Å². The molecule has 0 aliphatic heterocycles. The monoisotopic (exact) mass is 466 g/mol. The molecule has 8 nitrogen and oxygen atoms in total. The minimum Gasteiger partial charge on any atom is -0.480 e. The largest absolute Gasteiger partial charge is 0.480 e. The Hall–Kier alpha value is -3.39. The fraction of sp³-hybridized carbons (Fsp3) is 0.423. The van der Waals surface area contributed by atoms with E-state index in [1.165, 1.54) is 11.1 Å². The second kappa shape index (κ2) is 10.7. The molecule has 0 heterocycles. The molecule has 2 aromatic rings. The topological polar surface area (TPSA) is 114 Å². The van der Waals surface area contributed by atoms with E-state index in [1.54, 1.807) is 7.11 Å². The number of methoxy groups -OCH3 is 1. The van der Waals surface area contributed by atoms with Crippen LogP contribution in [0.4, 0.5) is 4.79 Å². The van der Waals surface area contributed by atoms with Gasteiger partial charge in [-0.2, -0.15) is 0 Å². The summed E-state index contributed by atoms with van der Waals surface area (Å²) in [5.41, 5.74) is 4.63. The molecule has 0 bridgehead atoms. The lowest BCUT2D eigenvalue weighted by Gasteiger charge is -2.15. The summed E-state index contributed by atoms with van der Waals surface area (Å²) in [6, 6.07) is 15.4. The van der Waals surface area contributed by atoms with Crippen LogP contribution in [0.1, 0.15) is 36.3 Å². The fourth-order valence-electron chi connectivity index (χ4n) is 4.63. The van der Waals surface area contributed by atoms with Crippen molar-refractivity contribution in [1.29, 1.82) is 0 Å². The second-order valence-electron chi connectivity index (χ2n) is 8.84. The molecule has 0 aromatic heterocycles. The minimum absolute atomic E-state index is 0.0105. The number of hydrogen-bond acceptors (Lipinski definition) is 5. The molecule has 1 unspecified atom stereocenters. The van der Waals surface area contributed by atoms with Crippen LogP contribution in [-0.4, -0.2) is 56.0 Å². The van der Waals surface area contributed by atoms with Gasteiger partial charge in [-0.15, -0.1) is 0 Å². The fourth-order valence-corrected chi connectivity index (χ4v) is 4.63. The lowest BCUT2D eigenvalue weighted by Crippen LogP contribution is -2.42. The van der Waals surface area contributed by atoms with Gasteiger partial charge in [-0.25, -0.2) is 9.59 Å². The Balaban J connectivity index is 1.22. The van der Waals surface area contributed by atoms with Crippen molar-refractivity contribution in [3.63, 3.8) is 0 Å². The normalized spacial score (nSPS) is 19.0. The molecule has 2 amide bonds. The molecule has 1 saturated carbocycles. The van der Waals surface area contributed by atoms with Crippen molar-refractivity contribution in [3.8, 4) is 11.1 Å². The predicted octanol–water partition coefficient (Wildman–Crippen LogP) is 3.16. The molecule has 2 aromatic carbocycles. The Bertz CT molecular complexity index is 1010. The maximum atomic E-state index is 12.4. The number of rotatable bonds is 11. The van der Waals surface area contributed by atoms with Crippen LogP contribution in [0, 0.1) is 11.8 Å². The second-order valence-corrected chi connectivity index (χ2v) is 8.84. The lowest BCUT2D eigenvalue weighted by atomic mass is 9.98. The third-order valence-corrected chi connectivity index (χ3v) is 6.57. The van der Waals surface area contributed by atoms with Crippen molar-refractivity contribution < 1.29 is 29.0 Å². The summed E-state index contributed by atoms with van der Waals surface area (Å²) in [4.78, 5) is 36.1. The van der Waals surface area contributed by atoms with E-state index in [-0.39, 0.29) is 30.3 Å². The van der Waals surface area contributed by atoms with Crippen LogP contribution in [0.15, 0.2) is 48.5 Å². The number of benzene rings is 2. The quantitative estimate of drug-likeness (QED) is 0.439. The van der Waals surface area contributed by atoms with Gasteiger partial charge in [0.05, 0.1) is 0 Å². The number of carbonyl (C=O) groups excluding carboxylic acids is 2. The molecule has 3 atom stereocenters. The van der Waals surface area contributed by atoms with Gasteiger partial charge in [-0.05, 0) is 47.4 Å². The number of carboxylic acid groups (broad SMARTS) is 1. The lowest BCUT2D eigenvalue weighted by molar-refractivity contribution is -0.142. The molecule has 2 aliphatic carbocycles. The van der Waals surface area contributed by atoms with Crippen molar-refractivity contribution in [2.45, 2.75) is 31.2 Å². The van der Waals surface area contributed by atoms with Crippen LogP contribution < -0.4 is 10.6 Å². The molecule has 1 fully saturated rings. The Labute approximate surface area is 198 Å². The van der Waals surface area contributed by atoms with Crippen LogP contribution in [0.5, 0.6) is 0 Å². The first-order valence-electron chi connectivity index (χ1n) is 11.6. The Morgan fingerprint density at radius 1 is 1.06 bits per heavy atom. The number of ether oxygens (including phenoxy) is 2. The van der Waals surface area contributed by atoms with Gasteiger partial charge < -0.3 is 25.2 Å². The van der Waals surface area contributed by atoms with E-state index in [0.29, 0.717) is 32.4 Å². The molecule has 0 spiro atoms. The Morgan fingerprint density at radius 2 is 1.71 bits per heavy atom. The van der Waals surface area contributed by atoms with Gasteiger partial charge in [0.2, 0.25) is 5.91 Å². The van der Waals surface area contributed by atoms with Crippen molar-refractivity contribution in [2.75, 3.05) is 26.9 Å². The van der Waals surface area contributed by atoms with Crippen LogP contribution in [-0.2, 0) is 19.1 Å². The van der Waals surface area contributed by atoms with Crippen molar-refractivity contribution >= 4 is 18.0 Å². The number of amides is 2. The average molecular weight is 467 g/mol. The molecule has 8 heteroatoms. The van der Waals surface area contributed by atoms with Gasteiger partial charge >= 0.3 is 12.1 Å². The highest BCUT2D eigenvalue weighted by molar-refractivity contribution is 5.86. The first kappa shape index (κ1) is 23.8. The van der Waals surface area contributed by atoms with Crippen molar-refractivity contribution in [1.82, 2.24) is 10.6 Å². The number of nitrogens with one attached hydrogen (secondary N) is 2. The van der Waals surface area contributed by atoms with Gasteiger partial charge in [-0.1, -0.05) is 48.5 Å². The summed E-state index contributed by atoms with van der Waals surface area (Å²) in [6.45, 7) is 0.988. The minimum atomic E-state index is -1.06. The van der Waals surface area contributed by atoms with E-state index in [2.05, 4.69) is 34.9 Å². The first-order valence-corrected chi connectivity index (χ1v) is 11.6. The molecule has 34 heavy (non-hydrogen) atoms. The highest BCUT2D eigenvalue weighted by Crippen LogP contribution is 2.44. The third kappa shape index (κ3) is 5.39. The molecule has 2 aliphatic rings. The number of hydrogen-bond donors (Lipinski definition) is 3. The molecule has 180 valence electrons.